The summed E-state index contributed by atoms with van der Waals surface area (Å²) in [6, 6.07) is 1.31. The Balaban J connectivity index is 2.51. The van der Waals surface area contributed by atoms with Gasteiger partial charge in [0.25, 0.3) is 0 Å². The number of hydrogen-bond acceptors (Lipinski definition) is 2. The fourth-order valence-corrected chi connectivity index (χ4v) is 1.70. The molecule has 1 aromatic heterocycles. The highest BCUT2D eigenvalue weighted by atomic mass is 19.2. The zero-order valence-corrected chi connectivity index (χ0v) is 10.0. The number of halogens is 3. The normalized spacial score (nSPS) is 10.9. The summed E-state index contributed by atoms with van der Waals surface area (Å²) >= 11 is 0. The van der Waals surface area contributed by atoms with Crippen LogP contribution in [0.4, 0.5) is 13.2 Å². The first-order valence-electron chi connectivity index (χ1n) is 5.57. The first-order chi connectivity index (χ1) is 8.52. The summed E-state index contributed by atoms with van der Waals surface area (Å²) < 4.78 is 40.9. The first-order valence-corrected chi connectivity index (χ1v) is 5.57. The van der Waals surface area contributed by atoms with E-state index in [0.29, 0.717) is 18.3 Å². The van der Waals surface area contributed by atoms with Crippen LogP contribution in [0.15, 0.2) is 12.1 Å². The van der Waals surface area contributed by atoms with Gasteiger partial charge in [0.15, 0.2) is 23.3 Å². The summed E-state index contributed by atoms with van der Waals surface area (Å²) in [5.74, 6) is -2.43. The van der Waals surface area contributed by atoms with Gasteiger partial charge in [-0.25, -0.2) is 22.8 Å². The van der Waals surface area contributed by atoms with Crippen molar-refractivity contribution in [1.29, 1.82) is 0 Å². The Kier molecular flexibility index (Phi) is 3.36. The minimum absolute atomic E-state index is 0.0914. The van der Waals surface area contributed by atoms with Gasteiger partial charge in [0.1, 0.15) is 5.82 Å². The van der Waals surface area contributed by atoms with Gasteiger partial charge in [0.05, 0.1) is 5.56 Å². The highest BCUT2D eigenvalue weighted by Crippen LogP contribution is 2.23. The van der Waals surface area contributed by atoms with Gasteiger partial charge in [-0.15, -0.1) is 0 Å². The maximum atomic E-state index is 13.6. The molecule has 3 nitrogen and oxygen atoms in total. The van der Waals surface area contributed by atoms with E-state index in [-0.39, 0.29) is 11.4 Å². The molecule has 0 aliphatic rings. The van der Waals surface area contributed by atoms with Crippen LogP contribution >= 0.6 is 0 Å². The lowest BCUT2D eigenvalue weighted by Crippen LogP contribution is -1.98. The maximum Gasteiger partial charge on any atom is 0.161 e. The molecule has 96 valence electrons. The highest BCUT2D eigenvalue weighted by molar-refractivity contribution is 5.56. The predicted molar refractivity (Wildman–Crippen MR) is 60.3 cm³/mol. The van der Waals surface area contributed by atoms with Crippen LogP contribution in [-0.4, -0.2) is 14.8 Å². The molecule has 0 saturated heterocycles. The lowest BCUT2D eigenvalue weighted by molar-refractivity contribution is 0.495. The number of nitrogens with zero attached hydrogens (tertiary/aromatic N) is 3. The Morgan fingerprint density at radius 3 is 2.44 bits per heavy atom. The molecule has 18 heavy (non-hydrogen) atoms. The Morgan fingerprint density at radius 1 is 1.11 bits per heavy atom. The van der Waals surface area contributed by atoms with Crippen LogP contribution in [0.2, 0.25) is 0 Å². The molecule has 0 spiro atoms. The molecule has 2 aromatic rings. The molecule has 0 N–H and O–H groups in total. The number of hydrogen-bond donors (Lipinski definition) is 0. The molecule has 0 atom stereocenters. The average molecular weight is 255 g/mol. The second-order valence-electron chi connectivity index (χ2n) is 3.97. The van der Waals surface area contributed by atoms with Gasteiger partial charge in [-0.3, -0.25) is 0 Å². The first kappa shape index (κ1) is 12.6. The van der Waals surface area contributed by atoms with E-state index in [0.717, 1.165) is 12.5 Å². The van der Waals surface area contributed by atoms with Crippen LogP contribution in [0, 0.1) is 17.5 Å². The third-order valence-electron chi connectivity index (χ3n) is 2.53. The van der Waals surface area contributed by atoms with Crippen molar-refractivity contribution in [3.63, 3.8) is 0 Å². The van der Waals surface area contributed by atoms with Crippen molar-refractivity contribution in [2.45, 2.75) is 19.8 Å². The predicted octanol–water partition coefficient (Wildman–Crippen LogP) is 2.85. The van der Waals surface area contributed by atoms with Crippen molar-refractivity contribution in [1.82, 2.24) is 14.8 Å². The topological polar surface area (TPSA) is 30.7 Å². The van der Waals surface area contributed by atoms with Crippen molar-refractivity contribution >= 4 is 0 Å². The molecular formula is C12H12F3N3. The lowest BCUT2D eigenvalue weighted by atomic mass is 10.2. The van der Waals surface area contributed by atoms with Crippen LogP contribution in [-0.2, 0) is 13.5 Å². The molecule has 0 fully saturated rings. The van der Waals surface area contributed by atoms with Crippen LogP contribution in [0.5, 0.6) is 0 Å². The third kappa shape index (κ3) is 2.23. The molecule has 0 saturated carbocycles. The van der Waals surface area contributed by atoms with E-state index >= 15 is 0 Å². The van der Waals surface area contributed by atoms with Crippen molar-refractivity contribution in [3.05, 3.63) is 35.4 Å². The summed E-state index contributed by atoms with van der Waals surface area (Å²) in [4.78, 5) is 4.12. The summed E-state index contributed by atoms with van der Waals surface area (Å²) in [6.45, 7) is 1.97. The largest absolute Gasteiger partial charge is 0.249 e. The van der Waals surface area contributed by atoms with E-state index in [9.17, 15) is 13.2 Å². The molecule has 1 heterocycles. The fraction of sp³-hybridized carbons (Fsp3) is 0.333. The molecule has 0 aliphatic carbocycles. The van der Waals surface area contributed by atoms with Gasteiger partial charge in [-0.2, -0.15) is 5.10 Å². The molecule has 0 amide bonds. The smallest absolute Gasteiger partial charge is 0.161 e. The lowest BCUT2D eigenvalue weighted by Gasteiger charge is -2.02. The number of aryl methyl sites for hydroxylation is 2. The quantitative estimate of drug-likeness (QED) is 0.789. The Labute approximate surface area is 102 Å². The van der Waals surface area contributed by atoms with Crippen molar-refractivity contribution in [2.75, 3.05) is 0 Å². The highest BCUT2D eigenvalue weighted by Gasteiger charge is 2.16. The summed E-state index contributed by atoms with van der Waals surface area (Å²) in [7, 11) is 1.59. The Bertz CT molecular complexity index is 578. The van der Waals surface area contributed by atoms with Crippen molar-refractivity contribution in [3.8, 4) is 11.4 Å². The number of aromatic nitrogens is 3. The molecule has 6 heteroatoms. The monoisotopic (exact) mass is 255 g/mol. The van der Waals surface area contributed by atoms with Gasteiger partial charge >= 0.3 is 0 Å². The van der Waals surface area contributed by atoms with Gasteiger partial charge in [-0.05, 0) is 12.5 Å². The van der Waals surface area contributed by atoms with Gasteiger partial charge < -0.3 is 0 Å². The molecule has 0 unspecified atom stereocenters. The molecule has 0 aliphatic heterocycles. The van der Waals surface area contributed by atoms with Gasteiger partial charge in [0.2, 0.25) is 0 Å². The van der Waals surface area contributed by atoms with E-state index in [4.69, 9.17) is 0 Å². The van der Waals surface area contributed by atoms with Crippen LogP contribution in [0.25, 0.3) is 11.4 Å². The number of benzene rings is 1. The van der Waals surface area contributed by atoms with E-state index in [2.05, 4.69) is 10.1 Å². The van der Waals surface area contributed by atoms with Crippen LogP contribution in [0.1, 0.15) is 19.2 Å². The molecule has 0 bridgehead atoms. The van der Waals surface area contributed by atoms with E-state index in [1.54, 1.807) is 7.05 Å². The maximum absolute atomic E-state index is 13.6. The number of rotatable bonds is 3. The van der Waals surface area contributed by atoms with Crippen molar-refractivity contribution in [2.24, 2.45) is 7.05 Å². The van der Waals surface area contributed by atoms with Gasteiger partial charge in [0, 0.05) is 19.5 Å². The molecule has 2 rings (SSSR count). The van der Waals surface area contributed by atoms with Crippen LogP contribution < -0.4 is 0 Å². The second-order valence-corrected chi connectivity index (χ2v) is 3.97. The third-order valence-corrected chi connectivity index (χ3v) is 2.53. The summed E-state index contributed by atoms with van der Waals surface area (Å²) in [5, 5.41) is 4.09. The Morgan fingerprint density at radius 2 is 1.78 bits per heavy atom. The zero-order valence-electron chi connectivity index (χ0n) is 10.0. The summed E-state index contributed by atoms with van der Waals surface area (Å²) in [6.07, 6.45) is 1.50. The minimum atomic E-state index is -1.22. The second kappa shape index (κ2) is 4.80. The standard InChI is InChI=1S/C12H12F3N3/c1-3-4-11-16-12(18(2)17-11)7-5-9(14)10(15)6-8(7)13/h5-6H,3-4H2,1-2H3. The van der Waals surface area contributed by atoms with Gasteiger partial charge in [-0.1, -0.05) is 6.92 Å². The van der Waals surface area contributed by atoms with E-state index in [1.165, 1.54) is 4.68 Å². The van der Waals surface area contributed by atoms with Crippen molar-refractivity contribution < 1.29 is 13.2 Å². The minimum Gasteiger partial charge on any atom is -0.249 e. The average Bonchev–Trinajstić information content (AvgIpc) is 2.65. The Hall–Kier alpha value is -1.85. The SMILES string of the molecule is CCCc1nc(-c2cc(F)c(F)cc2F)n(C)n1. The molecule has 1 aromatic carbocycles. The summed E-state index contributed by atoms with van der Waals surface area (Å²) in [5.41, 5.74) is -0.0914. The molecular weight excluding hydrogens is 243 g/mol. The van der Waals surface area contributed by atoms with E-state index < -0.39 is 17.5 Å². The fourth-order valence-electron chi connectivity index (χ4n) is 1.70. The van der Waals surface area contributed by atoms with E-state index in [1.807, 2.05) is 6.92 Å². The van der Waals surface area contributed by atoms with Crippen LogP contribution in [0.3, 0.4) is 0 Å². The molecule has 0 radical (unpaired) electrons. The zero-order chi connectivity index (χ0) is 13.3.